The molecule has 1 heterocycles. The summed E-state index contributed by atoms with van der Waals surface area (Å²) >= 11 is 3.48. The quantitative estimate of drug-likeness (QED) is 0.918. The van der Waals surface area contributed by atoms with E-state index in [4.69, 9.17) is 4.74 Å². The molecule has 0 saturated carbocycles. The summed E-state index contributed by atoms with van der Waals surface area (Å²) in [6.45, 7) is 3.14. The van der Waals surface area contributed by atoms with E-state index in [-0.39, 0.29) is 5.60 Å². The van der Waals surface area contributed by atoms with E-state index < -0.39 is 0 Å². The maximum Gasteiger partial charge on any atom is 0.0809 e. The molecule has 1 aromatic rings. The third kappa shape index (κ3) is 3.34. The molecule has 1 N–H and O–H groups in total. The van der Waals surface area contributed by atoms with Crippen molar-refractivity contribution in [1.29, 1.82) is 0 Å². The molecular weight excluding hydrogens is 290 g/mol. The van der Waals surface area contributed by atoms with Crippen molar-refractivity contribution in [2.75, 3.05) is 13.7 Å². The van der Waals surface area contributed by atoms with Crippen LogP contribution in [0.4, 0.5) is 0 Å². The summed E-state index contributed by atoms with van der Waals surface area (Å²) in [7, 11) is 2.03. The maximum atomic E-state index is 6.04. The fourth-order valence-corrected chi connectivity index (χ4v) is 2.97. The number of hydrogen-bond donors (Lipinski definition) is 1. The fourth-order valence-electron chi connectivity index (χ4n) is 2.71. The van der Waals surface area contributed by atoms with Crippen LogP contribution >= 0.6 is 15.9 Å². The van der Waals surface area contributed by atoms with Gasteiger partial charge < -0.3 is 10.1 Å². The van der Waals surface area contributed by atoms with Crippen molar-refractivity contribution in [3.63, 3.8) is 0 Å². The van der Waals surface area contributed by atoms with Gasteiger partial charge >= 0.3 is 0 Å². The SMILES string of the molecule is CNC(Cc1ccc(Br)cc1)C1(C)CCCCO1. The van der Waals surface area contributed by atoms with E-state index in [0.717, 1.165) is 23.9 Å². The van der Waals surface area contributed by atoms with Gasteiger partial charge in [0.25, 0.3) is 0 Å². The molecule has 2 rings (SSSR count). The van der Waals surface area contributed by atoms with Gasteiger partial charge in [-0.15, -0.1) is 0 Å². The molecule has 2 nitrogen and oxygen atoms in total. The Morgan fingerprint density at radius 2 is 2.06 bits per heavy atom. The molecule has 0 radical (unpaired) electrons. The molecule has 0 aromatic heterocycles. The number of likely N-dealkylation sites (N-methyl/N-ethyl adjacent to an activating group) is 1. The molecule has 0 amide bonds. The lowest BCUT2D eigenvalue weighted by atomic mass is 9.85. The third-order valence-electron chi connectivity index (χ3n) is 3.94. The molecule has 1 aliphatic heterocycles. The molecule has 2 unspecified atom stereocenters. The number of rotatable bonds is 4. The van der Waals surface area contributed by atoms with Crippen LogP contribution in [0.25, 0.3) is 0 Å². The van der Waals surface area contributed by atoms with Crippen molar-refractivity contribution in [3.05, 3.63) is 34.3 Å². The van der Waals surface area contributed by atoms with Gasteiger partial charge in [-0.3, -0.25) is 0 Å². The number of hydrogen-bond acceptors (Lipinski definition) is 2. The van der Waals surface area contributed by atoms with Gasteiger partial charge in [-0.05, 0) is 57.4 Å². The second-order valence-corrected chi connectivity index (χ2v) is 6.21. The van der Waals surface area contributed by atoms with Gasteiger partial charge in [-0.1, -0.05) is 28.1 Å². The molecule has 0 spiro atoms. The number of nitrogens with one attached hydrogen (secondary N) is 1. The Bertz CT molecular complexity index is 371. The number of halogens is 1. The predicted molar refractivity (Wildman–Crippen MR) is 78.9 cm³/mol. The molecule has 18 heavy (non-hydrogen) atoms. The second kappa shape index (κ2) is 6.18. The Morgan fingerprint density at radius 1 is 1.33 bits per heavy atom. The van der Waals surface area contributed by atoms with Gasteiger partial charge in [0.15, 0.2) is 0 Å². The lowest BCUT2D eigenvalue weighted by molar-refractivity contribution is -0.0870. The molecule has 1 aliphatic rings. The first kappa shape index (κ1) is 14.0. The Balaban J connectivity index is 2.06. The van der Waals surface area contributed by atoms with Crippen LogP contribution in [-0.4, -0.2) is 25.3 Å². The van der Waals surface area contributed by atoms with Gasteiger partial charge in [-0.25, -0.2) is 0 Å². The zero-order valence-electron chi connectivity index (χ0n) is 11.2. The highest BCUT2D eigenvalue weighted by Crippen LogP contribution is 2.29. The first-order chi connectivity index (χ1) is 8.64. The van der Waals surface area contributed by atoms with E-state index in [2.05, 4.69) is 52.4 Å². The smallest absolute Gasteiger partial charge is 0.0809 e. The Morgan fingerprint density at radius 3 is 2.61 bits per heavy atom. The molecule has 0 aliphatic carbocycles. The molecule has 100 valence electrons. The van der Waals surface area contributed by atoms with E-state index in [1.807, 2.05) is 7.05 Å². The standard InChI is InChI=1S/C15H22BrNO/c1-15(9-3-4-10-18-15)14(17-2)11-12-5-7-13(16)8-6-12/h5-8,14,17H,3-4,9-11H2,1-2H3. The van der Waals surface area contributed by atoms with E-state index in [0.29, 0.717) is 6.04 Å². The molecular formula is C15H22BrNO. The first-order valence-electron chi connectivity index (χ1n) is 6.70. The molecule has 3 heteroatoms. The predicted octanol–water partition coefficient (Wildman–Crippen LogP) is 3.54. The van der Waals surface area contributed by atoms with Crippen molar-refractivity contribution in [2.45, 2.75) is 44.2 Å². The molecule has 1 saturated heterocycles. The van der Waals surface area contributed by atoms with Gasteiger partial charge in [0.05, 0.1) is 5.60 Å². The normalized spacial score (nSPS) is 25.9. The summed E-state index contributed by atoms with van der Waals surface area (Å²) in [4.78, 5) is 0. The highest BCUT2D eigenvalue weighted by molar-refractivity contribution is 9.10. The van der Waals surface area contributed by atoms with Crippen molar-refractivity contribution < 1.29 is 4.74 Å². The minimum Gasteiger partial charge on any atom is -0.374 e. The largest absolute Gasteiger partial charge is 0.374 e. The highest BCUT2D eigenvalue weighted by Gasteiger charge is 2.35. The van der Waals surface area contributed by atoms with Crippen LogP contribution in [0, 0.1) is 0 Å². The zero-order valence-corrected chi connectivity index (χ0v) is 12.8. The van der Waals surface area contributed by atoms with Crippen molar-refractivity contribution in [2.24, 2.45) is 0 Å². The van der Waals surface area contributed by atoms with Crippen molar-refractivity contribution >= 4 is 15.9 Å². The van der Waals surface area contributed by atoms with E-state index in [1.165, 1.54) is 18.4 Å². The molecule has 1 fully saturated rings. The van der Waals surface area contributed by atoms with E-state index >= 15 is 0 Å². The minimum atomic E-state index is -0.0277. The van der Waals surface area contributed by atoms with Crippen molar-refractivity contribution in [3.8, 4) is 0 Å². The summed E-state index contributed by atoms with van der Waals surface area (Å²) in [6.07, 6.45) is 4.63. The maximum absolute atomic E-state index is 6.04. The van der Waals surface area contributed by atoms with Crippen molar-refractivity contribution in [1.82, 2.24) is 5.32 Å². The summed E-state index contributed by atoms with van der Waals surface area (Å²) in [5.41, 5.74) is 1.33. The number of ether oxygens (including phenoxy) is 1. The van der Waals surface area contributed by atoms with E-state index in [9.17, 15) is 0 Å². The van der Waals surface area contributed by atoms with Crippen LogP contribution in [0.15, 0.2) is 28.7 Å². The Labute approximate surface area is 118 Å². The van der Waals surface area contributed by atoms with Gasteiger partial charge in [0.2, 0.25) is 0 Å². The van der Waals surface area contributed by atoms with Crippen LogP contribution in [0.1, 0.15) is 31.7 Å². The van der Waals surface area contributed by atoms with Crippen LogP contribution in [0.2, 0.25) is 0 Å². The third-order valence-corrected chi connectivity index (χ3v) is 4.47. The van der Waals surface area contributed by atoms with E-state index in [1.54, 1.807) is 0 Å². The molecule has 1 aromatic carbocycles. The first-order valence-corrected chi connectivity index (χ1v) is 7.49. The minimum absolute atomic E-state index is 0.0277. The Hall–Kier alpha value is -0.380. The summed E-state index contributed by atoms with van der Waals surface area (Å²) in [5, 5.41) is 3.44. The van der Waals surface area contributed by atoms with Crippen LogP contribution in [0.5, 0.6) is 0 Å². The lowest BCUT2D eigenvalue weighted by Crippen LogP contribution is -2.52. The van der Waals surface area contributed by atoms with Crippen LogP contribution in [0.3, 0.4) is 0 Å². The topological polar surface area (TPSA) is 21.3 Å². The van der Waals surface area contributed by atoms with Gasteiger partial charge in [-0.2, -0.15) is 0 Å². The zero-order chi connectivity index (χ0) is 13.0. The summed E-state index contributed by atoms with van der Waals surface area (Å²) in [6, 6.07) is 8.94. The van der Waals surface area contributed by atoms with Gasteiger partial charge in [0, 0.05) is 17.1 Å². The fraction of sp³-hybridized carbons (Fsp3) is 0.600. The number of benzene rings is 1. The Kier molecular flexibility index (Phi) is 4.82. The average Bonchev–Trinajstić information content (AvgIpc) is 2.38. The van der Waals surface area contributed by atoms with Gasteiger partial charge in [0.1, 0.15) is 0 Å². The average molecular weight is 312 g/mol. The summed E-state index contributed by atoms with van der Waals surface area (Å²) < 4.78 is 7.17. The highest BCUT2D eigenvalue weighted by atomic mass is 79.9. The molecule has 0 bridgehead atoms. The monoisotopic (exact) mass is 311 g/mol. The van der Waals surface area contributed by atoms with Crippen LogP contribution in [-0.2, 0) is 11.2 Å². The summed E-state index contributed by atoms with van der Waals surface area (Å²) in [5.74, 6) is 0. The lowest BCUT2D eigenvalue weighted by Gasteiger charge is -2.40. The second-order valence-electron chi connectivity index (χ2n) is 5.29. The molecule has 2 atom stereocenters. The van der Waals surface area contributed by atoms with Crippen LogP contribution < -0.4 is 5.32 Å².